The number of pyridine rings is 1. The summed E-state index contributed by atoms with van der Waals surface area (Å²) in [5.74, 6) is 1.15. The summed E-state index contributed by atoms with van der Waals surface area (Å²) in [6, 6.07) is 2.08. The minimum atomic E-state index is 0.0417. The first-order valence-corrected chi connectivity index (χ1v) is 8.01. The fourth-order valence-corrected chi connectivity index (χ4v) is 3.09. The standard InChI is InChI=1S/C15H22N4OS/c1-5-6-20-12-7-11(8-17-9-12)14(16-4)15-13(10(2)3)18-19-21-15/h7-10,14,16H,5-6H2,1-4H3. The molecule has 1 N–H and O–H groups in total. The molecule has 2 aromatic heterocycles. The first-order valence-electron chi connectivity index (χ1n) is 7.24. The maximum absolute atomic E-state index is 5.67. The van der Waals surface area contributed by atoms with Crippen LogP contribution >= 0.6 is 11.5 Å². The van der Waals surface area contributed by atoms with Crippen molar-refractivity contribution in [3.05, 3.63) is 34.6 Å². The van der Waals surface area contributed by atoms with Gasteiger partial charge in [0.2, 0.25) is 0 Å². The summed E-state index contributed by atoms with van der Waals surface area (Å²) >= 11 is 1.44. The number of ether oxygens (including phenoxy) is 1. The van der Waals surface area contributed by atoms with E-state index in [4.69, 9.17) is 4.74 Å². The molecule has 0 aliphatic carbocycles. The summed E-state index contributed by atoms with van der Waals surface area (Å²) in [4.78, 5) is 5.43. The highest BCUT2D eigenvalue weighted by Gasteiger charge is 2.22. The third kappa shape index (κ3) is 3.77. The maximum atomic E-state index is 5.67. The summed E-state index contributed by atoms with van der Waals surface area (Å²) in [7, 11) is 1.94. The van der Waals surface area contributed by atoms with Crippen LogP contribution in [0.4, 0.5) is 0 Å². The molecule has 0 fully saturated rings. The van der Waals surface area contributed by atoms with Gasteiger partial charge in [-0.25, -0.2) is 0 Å². The molecule has 0 aliphatic heterocycles. The Morgan fingerprint density at radius 3 is 2.81 bits per heavy atom. The van der Waals surface area contributed by atoms with Gasteiger partial charge < -0.3 is 10.1 Å². The van der Waals surface area contributed by atoms with E-state index in [1.807, 2.05) is 19.3 Å². The second-order valence-corrected chi connectivity index (χ2v) is 5.99. The van der Waals surface area contributed by atoms with Crippen molar-refractivity contribution in [1.82, 2.24) is 19.9 Å². The minimum Gasteiger partial charge on any atom is -0.492 e. The van der Waals surface area contributed by atoms with E-state index >= 15 is 0 Å². The summed E-state index contributed by atoms with van der Waals surface area (Å²) in [5, 5.41) is 7.59. The fraction of sp³-hybridized carbons (Fsp3) is 0.533. The number of hydrogen-bond donors (Lipinski definition) is 1. The Morgan fingerprint density at radius 1 is 1.33 bits per heavy atom. The van der Waals surface area contributed by atoms with Gasteiger partial charge in [0.15, 0.2) is 0 Å². The van der Waals surface area contributed by atoms with Gasteiger partial charge in [-0.15, -0.1) is 5.10 Å². The predicted molar refractivity (Wildman–Crippen MR) is 84.9 cm³/mol. The van der Waals surface area contributed by atoms with E-state index in [9.17, 15) is 0 Å². The minimum absolute atomic E-state index is 0.0417. The van der Waals surface area contributed by atoms with Crippen LogP contribution in [0.3, 0.4) is 0 Å². The van der Waals surface area contributed by atoms with Crippen molar-refractivity contribution in [2.45, 2.75) is 39.2 Å². The van der Waals surface area contributed by atoms with E-state index in [0.717, 1.165) is 28.3 Å². The zero-order valence-electron chi connectivity index (χ0n) is 13.0. The smallest absolute Gasteiger partial charge is 0.137 e. The van der Waals surface area contributed by atoms with Crippen LogP contribution in [0.25, 0.3) is 0 Å². The van der Waals surface area contributed by atoms with Gasteiger partial charge >= 0.3 is 0 Å². The molecule has 0 spiro atoms. The molecule has 114 valence electrons. The quantitative estimate of drug-likeness (QED) is 0.851. The highest BCUT2D eigenvalue weighted by molar-refractivity contribution is 7.05. The lowest BCUT2D eigenvalue weighted by Crippen LogP contribution is -2.18. The van der Waals surface area contributed by atoms with Crippen molar-refractivity contribution in [1.29, 1.82) is 0 Å². The van der Waals surface area contributed by atoms with Crippen LogP contribution < -0.4 is 10.1 Å². The second kappa shape index (κ2) is 7.47. The molecule has 1 atom stereocenters. The highest BCUT2D eigenvalue weighted by Crippen LogP contribution is 2.31. The Hall–Kier alpha value is -1.53. The molecule has 2 aromatic rings. The zero-order valence-corrected chi connectivity index (χ0v) is 13.8. The van der Waals surface area contributed by atoms with E-state index in [0.29, 0.717) is 12.5 Å². The molecular formula is C15H22N4OS. The molecule has 0 saturated carbocycles. The van der Waals surface area contributed by atoms with Crippen molar-refractivity contribution in [3.8, 4) is 5.75 Å². The van der Waals surface area contributed by atoms with Crippen LogP contribution in [0, 0.1) is 0 Å². The number of aromatic nitrogens is 3. The van der Waals surface area contributed by atoms with Gasteiger partial charge in [0.25, 0.3) is 0 Å². The third-order valence-electron chi connectivity index (χ3n) is 3.18. The number of hydrogen-bond acceptors (Lipinski definition) is 6. The Bertz CT molecular complexity index is 570. The topological polar surface area (TPSA) is 59.9 Å². The van der Waals surface area contributed by atoms with Crippen molar-refractivity contribution in [2.75, 3.05) is 13.7 Å². The summed E-state index contributed by atoms with van der Waals surface area (Å²) in [6.45, 7) is 7.05. The summed E-state index contributed by atoms with van der Waals surface area (Å²) < 4.78 is 9.78. The van der Waals surface area contributed by atoms with Gasteiger partial charge in [0, 0.05) is 6.20 Å². The lowest BCUT2D eigenvalue weighted by atomic mass is 10.0. The van der Waals surface area contributed by atoms with Gasteiger partial charge in [-0.2, -0.15) is 0 Å². The molecular weight excluding hydrogens is 284 g/mol. The zero-order chi connectivity index (χ0) is 15.2. The Kier molecular flexibility index (Phi) is 5.64. The van der Waals surface area contributed by atoms with Crippen molar-refractivity contribution in [2.24, 2.45) is 0 Å². The first kappa shape index (κ1) is 15.9. The molecule has 0 radical (unpaired) electrons. The molecule has 0 aliphatic rings. The maximum Gasteiger partial charge on any atom is 0.137 e. The van der Waals surface area contributed by atoms with Crippen LogP contribution in [-0.2, 0) is 0 Å². The van der Waals surface area contributed by atoms with Crippen molar-refractivity contribution in [3.63, 3.8) is 0 Å². The number of nitrogens with zero attached hydrogens (tertiary/aromatic N) is 3. The SMILES string of the molecule is CCCOc1cncc(C(NC)c2snnc2C(C)C)c1. The predicted octanol–water partition coefficient (Wildman–Crippen LogP) is 3.15. The van der Waals surface area contributed by atoms with E-state index < -0.39 is 0 Å². The lowest BCUT2D eigenvalue weighted by Gasteiger charge is -2.17. The average molecular weight is 306 g/mol. The molecule has 0 aromatic carbocycles. The van der Waals surface area contributed by atoms with E-state index in [1.165, 1.54) is 11.5 Å². The third-order valence-corrected chi connectivity index (χ3v) is 3.98. The summed E-state index contributed by atoms with van der Waals surface area (Å²) in [6.07, 6.45) is 4.60. The molecule has 1 unspecified atom stereocenters. The molecule has 0 bridgehead atoms. The van der Waals surface area contributed by atoms with Crippen molar-refractivity contribution >= 4 is 11.5 Å². The molecule has 0 amide bonds. The van der Waals surface area contributed by atoms with Gasteiger partial charge in [-0.3, -0.25) is 4.98 Å². The average Bonchev–Trinajstić information content (AvgIpc) is 2.96. The van der Waals surface area contributed by atoms with Crippen LogP contribution in [0.5, 0.6) is 5.75 Å². The van der Waals surface area contributed by atoms with E-state index in [1.54, 1.807) is 6.20 Å². The van der Waals surface area contributed by atoms with Crippen LogP contribution in [0.1, 0.15) is 55.3 Å². The Balaban J connectivity index is 2.30. The normalized spacial score (nSPS) is 12.6. The van der Waals surface area contributed by atoms with Crippen molar-refractivity contribution < 1.29 is 4.74 Å². The Labute approximate surface area is 129 Å². The molecule has 2 heterocycles. The first-order chi connectivity index (χ1) is 10.2. The number of rotatable bonds is 7. The van der Waals surface area contributed by atoms with Gasteiger partial charge in [0.1, 0.15) is 5.75 Å². The molecule has 5 nitrogen and oxygen atoms in total. The molecule has 6 heteroatoms. The largest absolute Gasteiger partial charge is 0.492 e. The van der Waals surface area contributed by atoms with Crippen LogP contribution in [-0.4, -0.2) is 28.2 Å². The van der Waals surface area contributed by atoms with Gasteiger partial charge in [-0.05, 0) is 42.5 Å². The van der Waals surface area contributed by atoms with E-state index in [2.05, 4.69) is 40.7 Å². The second-order valence-electron chi connectivity index (χ2n) is 5.20. The molecule has 21 heavy (non-hydrogen) atoms. The molecule has 0 saturated heterocycles. The summed E-state index contributed by atoms with van der Waals surface area (Å²) in [5.41, 5.74) is 2.11. The van der Waals surface area contributed by atoms with Crippen LogP contribution in [0.2, 0.25) is 0 Å². The van der Waals surface area contributed by atoms with Gasteiger partial charge in [0.05, 0.1) is 29.4 Å². The molecule has 2 rings (SSSR count). The number of nitrogens with one attached hydrogen (secondary N) is 1. The monoisotopic (exact) mass is 306 g/mol. The lowest BCUT2D eigenvalue weighted by molar-refractivity contribution is 0.315. The van der Waals surface area contributed by atoms with E-state index in [-0.39, 0.29) is 6.04 Å². The highest BCUT2D eigenvalue weighted by atomic mass is 32.1. The fourth-order valence-electron chi connectivity index (χ4n) is 2.15. The Morgan fingerprint density at radius 2 is 2.14 bits per heavy atom. The van der Waals surface area contributed by atoms with Gasteiger partial charge in [-0.1, -0.05) is 25.3 Å². The van der Waals surface area contributed by atoms with Crippen LogP contribution in [0.15, 0.2) is 18.5 Å².